The van der Waals surface area contributed by atoms with E-state index in [9.17, 15) is 4.79 Å². The molecule has 1 saturated heterocycles. The van der Waals surface area contributed by atoms with Crippen LogP contribution in [0.1, 0.15) is 24.8 Å². The van der Waals surface area contributed by atoms with E-state index in [0.29, 0.717) is 0 Å². The molecule has 0 spiro atoms. The summed E-state index contributed by atoms with van der Waals surface area (Å²) in [6, 6.07) is 17.9. The Hall–Kier alpha value is -2.82. The maximum Gasteiger partial charge on any atom is 0.259 e. The molecular formula is C20H24N4O. The average molecular weight is 336 g/mol. The van der Waals surface area contributed by atoms with Gasteiger partial charge in [-0.05, 0) is 49.1 Å². The molecule has 130 valence electrons. The van der Waals surface area contributed by atoms with Gasteiger partial charge >= 0.3 is 0 Å². The van der Waals surface area contributed by atoms with Gasteiger partial charge in [0.2, 0.25) is 0 Å². The van der Waals surface area contributed by atoms with Crippen LogP contribution in [0.25, 0.3) is 0 Å². The van der Waals surface area contributed by atoms with Crippen molar-refractivity contribution in [1.29, 1.82) is 0 Å². The number of benzene rings is 2. The third-order valence-electron chi connectivity index (χ3n) is 4.24. The number of anilines is 2. The van der Waals surface area contributed by atoms with Crippen molar-refractivity contribution in [1.82, 2.24) is 5.43 Å². The topological polar surface area (TPSA) is 56.7 Å². The Balaban J connectivity index is 1.44. The number of hydrazone groups is 1. The fraction of sp³-hybridized carbons (Fsp3) is 0.300. The normalized spacial score (nSPS) is 14.5. The van der Waals surface area contributed by atoms with Crippen molar-refractivity contribution in [2.45, 2.75) is 19.3 Å². The van der Waals surface area contributed by atoms with E-state index in [4.69, 9.17) is 0 Å². The van der Waals surface area contributed by atoms with E-state index in [-0.39, 0.29) is 12.5 Å². The lowest BCUT2D eigenvalue weighted by molar-refractivity contribution is -0.119. The lowest BCUT2D eigenvalue weighted by Gasteiger charge is -2.28. The molecule has 1 aliphatic rings. The Bertz CT molecular complexity index is 691. The number of piperidine rings is 1. The second-order valence-electron chi connectivity index (χ2n) is 6.15. The van der Waals surface area contributed by atoms with Crippen LogP contribution < -0.4 is 15.6 Å². The Kier molecular flexibility index (Phi) is 6.04. The Morgan fingerprint density at radius 1 is 1.00 bits per heavy atom. The molecule has 0 atom stereocenters. The molecule has 2 aromatic rings. The van der Waals surface area contributed by atoms with Crippen LogP contribution in [0.15, 0.2) is 59.7 Å². The third kappa shape index (κ3) is 5.35. The summed E-state index contributed by atoms with van der Waals surface area (Å²) in [5.74, 6) is -0.176. The molecule has 0 aromatic heterocycles. The zero-order valence-corrected chi connectivity index (χ0v) is 14.3. The molecule has 0 saturated carbocycles. The lowest BCUT2D eigenvalue weighted by atomic mass is 10.1. The zero-order chi connectivity index (χ0) is 17.3. The number of para-hydroxylation sites is 1. The van der Waals surface area contributed by atoms with Crippen molar-refractivity contribution in [3.8, 4) is 0 Å². The second-order valence-corrected chi connectivity index (χ2v) is 6.15. The summed E-state index contributed by atoms with van der Waals surface area (Å²) in [4.78, 5) is 14.2. The van der Waals surface area contributed by atoms with Crippen LogP contribution in [0, 0.1) is 0 Å². The first-order valence-corrected chi connectivity index (χ1v) is 8.77. The molecule has 0 radical (unpaired) electrons. The van der Waals surface area contributed by atoms with Crippen molar-refractivity contribution in [3.63, 3.8) is 0 Å². The van der Waals surface area contributed by atoms with Crippen molar-refractivity contribution in [2.75, 3.05) is 29.9 Å². The number of carbonyl (C=O) groups is 1. The highest BCUT2D eigenvalue weighted by molar-refractivity contribution is 5.84. The van der Waals surface area contributed by atoms with Gasteiger partial charge in [0.15, 0.2) is 0 Å². The summed E-state index contributed by atoms with van der Waals surface area (Å²) in [6.45, 7) is 2.46. The van der Waals surface area contributed by atoms with E-state index in [1.165, 1.54) is 24.9 Å². The number of carbonyl (C=O) groups excluding carboxylic acids is 1. The maximum atomic E-state index is 11.8. The van der Waals surface area contributed by atoms with E-state index in [0.717, 1.165) is 24.3 Å². The summed E-state index contributed by atoms with van der Waals surface area (Å²) in [5.41, 5.74) is 5.68. The van der Waals surface area contributed by atoms with E-state index in [2.05, 4.69) is 32.9 Å². The molecule has 5 heteroatoms. The maximum absolute atomic E-state index is 11.8. The minimum absolute atomic E-state index is 0.176. The van der Waals surface area contributed by atoms with E-state index in [1.54, 1.807) is 6.21 Å². The predicted octanol–water partition coefficient (Wildman–Crippen LogP) is 3.24. The van der Waals surface area contributed by atoms with Gasteiger partial charge in [-0.3, -0.25) is 4.79 Å². The summed E-state index contributed by atoms with van der Waals surface area (Å²) < 4.78 is 0. The zero-order valence-electron chi connectivity index (χ0n) is 14.3. The van der Waals surface area contributed by atoms with Gasteiger partial charge in [-0.25, -0.2) is 5.43 Å². The first-order chi connectivity index (χ1) is 12.3. The van der Waals surface area contributed by atoms with Gasteiger partial charge in [0.05, 0.1) is 12.8 Å². The smallest absolute Gasteiger partial charge is 0.259 e. The molecule has 2 aromatic carbocycles. The van der Waals surface area contributed by atoms with Gasteiger partial charge in [0.1, 0.15) is 0 Å². The highest BCUT2D eigenvalue weighted by Crippen LogP contribution is 2.19. The van der Waals surface area contributed by atoms with Crippen LogP contribution in [-0.4, -0.2) is 31.8 Å². The molecule has 1 aliphatic heterocycles. The van der Waals surface area contributed by atoms with Crippen LogP contribution >= 0.6 is 0 Å². The molecule has 5 nitrogen and oxygen atoms in total. The molecule has 0 unspecified atom stereocenters. The molecule has 2 N–H and O–H groups in total. The minimum Gasteiger partial charge on any atom is -0.376 e. The molecule has 0 bridgehead atoms. The average Bonchev–Trinajstić information content (AvgIpc) is 2.68. The number of amides is 1. The summed E-state index contributed by atoms with van der Waals surface area (Å²) in [7, 11) is 0. The molecule has 3 rings (SSSR count). The fourth-order valence-corrected chi connectivity index (χ4v) is 2.88. The monoisotopic (exact) mass is 336 g/mol. The Labute approximate surface area is 148 Å². The first kappa shape index (κ1) is 17.0. The molecule has 25 heavy (non-hydrogen) atoms. The molecule has 1 heterocycles. The first-order valence-electron chi connectivity index (χ1n) is 8.77. The number of rotatable bonds is 6. The largest absolute Gasteiger partial charge is 0.376 e. The van der Waals surface area contributed by atoms with Crippen molar-refractivity contribution in [3.05, 3.63) is 60.2 Å². The lowest BCUT2D eigenvalue weighted by Crippen LogP contribution is -2.29. The van der Waals surface area contributed by atoms with Gasteiger partial charge in [0, 0.05) is 24.5 Å². The van der Waals surface area contributed by atoms with Crippen molar-refractivity contribution in [2.24, 2.45) is 5.10 Å². The van der Waals surface area contributed by atoms with Crippen LogP contribution in [0.2, 0.25) is 0 Å². The van der Waals surface area contributed by atoms with Crippen LogP contribution in [0.5, 0.6) is 0 Å². The summed E-state index contributed by atoms with van der Waals surface area (Å²) in [6.07, 6.45) is 5.54. The molecule has 1 amide bonds. The van der Waals surface area contributed by atoms with Gasteiger partial charge < -0.3 is 10.2 Å². The van der Waals surface area contributed by atoms with E-state index in [1.807, 2.05) is 42.5 Å². The minimum atomic E-state index is -0.176. The van der Waals surface area contributed by atoms with Gasteiger partial charge in [-0.15, -0.1) is 0 Å². The number of hydrogen-bond donors (Lipinski definition) is 2. The van der Waals surface area contributed by atoms with Gasteiger partial charge in [-0.2, -0.15) is 5.10 Å². The predicted molar refractivity (Wildman–Crippen MR) is 103 cm³/mol. The summed E-state index contributed by atoms with van der Waals surface area (Å²) >= 11 is 0. The van der Waals surface area contributed by atoms with Gasteiger partial charge in [-0.1, -0.05) is 30.3 Å². The van der Waals surface area contributed by atoms with Crippen LogP contribution in [0.4, 0.5) is 11.4 Å². The van der Waals surface area contributed by atoms with Gasteiger partial charge in [0.25, 0.3) is 5.91 Å². The molecule has 0 aliphatic carbocycles. The van der Waals surface area contributed by atoms with Crippen molar-refractivity contribution < 1.29 is 4.79 Å². The third-order valence-corrected chi connectivity index (χ3v) is 4.24. The molecular weight excluding hydrogens is 312 g/mol. The molecule has 1 fully saturated rings. The Morgan fingerprint density at radius 2 is 1.72 bits per heavy atom. The van der Waals surface area contributed by atoms with E-state index >= 15 is 0 Å². The summed E-state index contributed by atoms with van der Waals surface area (Å²) in [5, 5.41) is 7.06. The number of nitrogens with zero attached hydrogens (tertiary/aromatic N) is 2. The Morgan fingerprint density at radius 3 is 2.44 bits per heavy atom. The van der Waals surface area contributed by atoms with E-state index < -0.39 is 0 Å². The SMILES string of the molecule is O=C(CNc1ccccc1)N/N=C\c1ccc(N2CCCCC2)cc1. The highest BCUT2D eigenvalue weighted by Gasteiger charge is 2.10. The highest BCUT2D eigenvalue weighted by atomic mass is 16.2. The van der Waals surface area contributed by atoms with Crippen LogP contribution in [-0.2, 0) is 4.79 Å². The standard InChI is InChI=1S/C20H24N4O/c25-20(16-21-18-7-3-1-4-8-18)23-22-15-17-9-11-19(12-10-17)24-13-5-2-6-14-24/h1,3-4,7-12,15,21H,2,5-6,13-14,16H2,(H,23,25)/b22-15-. The quantitative estimate of drug-likeness (QED) is 0.629. The van der Waals surface area contributed by atoms with Crippen LogP contribution in [0.3, 0.4) is 0 Å². The second kappa shape index (κ2) is 8.87. The number of nitrogens with one attached hydrogen (secondary N) is 2. The number of hydrogen-bond acceptors (Lipinski definition) is 4. The fourth-order valence-electron chi connectivity index (χ4n) is 2.88. The van der Waals surface area contributed by atoms with Crippen molar-refractivity contribution >= 4 is 23.5 Å².